The number of benzene rings is 2. The molecule has 47 heavy (non-hydrogen) atoms. The van der Waals surface area contributed by atoms with E-state index in [0.29, 0.717) is 0 Å². The molecule has 0 bridgehead atoms. The van der Waals surface area contributed by atoms with Gasteiger partial charge in [-0.25, -0.2) is 4.70 Å². The van der Waals surface area contributed by atoms with E-state index in [-0.39, 0.29) is 0 Å². The maximum absolute atomic E-state index is 11.9. The second-order valence-corrected chi connectivity index (χ2v) is 14.9. The van der Waals surface area contributed by atoms with Crippen LogP contribution in [0.2, 0.25) is 10.8 Å². The van der Waals surface area contributed by atoms with Gasteiger partial charge in [-0.05, 0) is 86.8 Å². The van der Waals surface area contributed by atoms with Crippen molar-refractivity contribution in [1.82, 2.24) is 0 Å². The second-order valence-electron chi connectivity index (χ2n) is 13.4. The molecule has 0 aliphatic carbocycles. The number of unbranched alkanes of at least 4 members (excludes halogenated alkanes) is 10. The average Bonchev–Trinajstić information content (AvgIpc) is 3.36. The summed E-state index contributed by atoms with van der Waals surface area (Å²) >= 11 is 1.94. The van der Waals surface area contributed by atoms with E-state index >= 15 is 0 Å². The Bertz CT molecular complexity index is 1200. The predicted octanol–water partition coefficient (Wildman–Crippen LogP) is 15.0. The van der Waals surface area contributed by atoms with Crippen molar-refractivity contribution in [3.05, 3.63) is 87.5 Å². The van der Waals surface area contributed by atoms with E-state index < -0.39 is 0 Å². The first-order valence-corrected chi connectivity index (χ1v) is 21.0. The molecule has 2 aromatic carbocycles. The zero-order chi connectivity index (χ0) is 34.1. The standard InChI is InChI=1S/C36H52N2.2C4H9.Ni/c1-5-9-13-16-26-34-33(25-12-8-4)35(31-23-17-21-29(27-31)19-14-10-6-2)38(37)36(34)32-24-18-22-30(28-32)20-15-11-7-3;2*1-3-4-2;/h17-18,21-24,27-28H,5-16,19-20,25-26H2,1-4H3;2*1,3-4H2,2H3;. The molecular weight excluding hydrogens is 615 g/mol. The van der Waals surface area contributed by atoms with Crippen molar-refractivity contribution in [2.75, 3.05) is 0 Å². The Labute approximate surface area is 297 Å². The number of hydrogen-bond donors (Lipinski definition) is 0. The fraction of sp³-hybridized carbons (Fsp3) is 0.636. The van der Waals surface area contributed by atoms with Gasteiger partial charge in [-0.3, -0.25) is 0 Å². The van der Waals surface area contributed by atoms with Crippen LogP contribution in [0.1, 0.15) is 179 Å². The Morgan fingerprint density at radius 2 is 0.872 bits per heavy atom. The first-order valence-electron chi connectivity index (χ1n) is 19.6. The maximum atomic E-state index is 11.9. The molecule has 0 unspecified atom stereocenters. The van der Waals surface area contributed by atoms with Crippen molar-refractivity contribution in [3.63, 3.8) is 0 Å². The van der Waals surface area contributed by atoms with Crippen LogP contribution in [0.5, 0.6) is 0 Å². The molecule has 2 nitrogen and oxygen atoms in total. The molecule has 1 heterocycles. The monoisotopic (exact) mass is 684 g/mol. The van der Waals surface area contributed by atoms with E-state index in [0.717, 1.165) is 61.0 Å². The summed E-state index contributed by atoms with van der Waals surface area (Å²) in [5.74, 6) is 0. The molecule has 3 heteroatoms. The van der Waals surface area contributed by atoms with Crippen LogP contribution < -0.4 is 0 Å². The molecule has 0 saturated heterocycles. The fourth-order valence-corrected chi connectivity index (χ4v) is 7.67. The zero-order valence-electron chi connectivity index (χ0n) is 31.4. The van der Waals surface area contributed by atoms with E-state index in [2.05, 4.69) is 90.1 Å². The first kappa shape index (κ1) is 41.2. The molecular formula is C44H70N2Ni. The first-order chi connectivity index (χ1) is 23.1. The van der Waals surface area contributed by atoms with E-state index in [1.54, 1.807) is 4.70 Å². The Hall–Kier alpha value is -1.99. The van der Waals surface area contributed by atoms with Gasteiger partial charge in [0.25, 0.3) is 0 Å². The number of aryl methyl sites for hydroxylation is 2. The van der Waals surface area contributed by atoms with Gasteiger partial charge in [-0.2, -0.15) is 0 Å². The number of allylic oxidation sites excluding steroid dienone is 2. The molecule has 1 aliphatic heterocycles. The van der Waals surface area contributed by atoms with Crippen LogP contribution in [-0.2, 0) is 27.3 Å². The van der Waals surface area contributed by atoms with Gasteiger partial charge in [0, 0.05) is 22.3 Å². The number of rotatable bonds is 24. The van der Waals surface area contributed by atoms with Crippen molar-refractivity contribution in [2.24, 2.45) is 0 Å². The molecule has 0 spiro atoms. The van der Waals surface area contributed by atoms with Crippen LogP contribution in [0.15, 0.2) is 59.7 Å². The van der Waals surface area contributed by atoms with Gasteiger partial charge in [-0.15, -0.1) is 0 Å². The molecule has 0 fully saturated rings. The third-order valence-corrected chi connectivity index (χ3v) is 10.5. The van der Waals surface area contributed by atoms with E-state index in [9.17, 15) is 5.53 Å². The minimum absolute atomic E-state index is 1.02. The molecule has 2 aromatic rings. The van der Waals surface area contributed by atoms with Gasteiger partial charge in [0.05, 0.1) is 0 Å². The molecule has 0 radical (unpaired) electrons. The van der Waals surface area contributed by atoms with E-state index in [1.165, 1.54) is 123 Å². The SMILES string of the molecule is CCCCCCC1=C(c2cccc(CCCCC)c2)[N+](=[N-])C(c2cccc(CCCCC)c2)=C1CCCC.CCC[CH2][Ni][CH2]CCC. The van der Waals surface area contributed by atoms with E-state index in [4.69, 9.17) is 0 Å². The molecule has 1 aliphatic rings. The van der Waals surface area contributed by atoms with Crippen molar-refractivity contribution in [1.29, 1.82) is 0 Å². The molecule has 0 amide bonds. The summed E-state index contributed by atoms with van der Waals surface area (Å²) in [6, 6.07) is 17.9. The topological polar surface area (TPSA) is 25.3 Å². The van der Waals surface area contributed by atoms with Crippen molar-refractivity contribution < 1.29 is 19.1 Å². The summed E-state index contributed by atoms with van der Waals surface area (Å²) in [4.78, 5) is 0. The van der Waals surface area contributed by atoms with Crippen molar-refractivity contribution in [3.8, 4) is 0 Å². The Morgan fingerprint density at radius 3 is 1.32 bits per heavy atom. The summed E-state index contributed by atoms with van der Waals surface area (Å²) in [5.41, 5.74) is 21.8. The summed E-state index contributed by atoms with van der Waals surface area (Å²) < 4.78 is 1.57. The van der Waals surface area contributed by atoms with Gasteiger partial charge in [0.1, 0.15) is 0 Å². The molecule has 0 aromatic heterocycles. The van der Waals surface area contributed by atoms with Crippen LogP contribution >= 0.6 is 0 Å². The van der Waals surface area contributed by atoms with Gasteiger partial charge in [0.15, 0.2) is 0 Å². The number of nitrogens with zero attached hydrogens (tertiary/aromatic N) is 2. The summed E-state index contributed by atoms with van der Waals surface area (Å²) in [6.07, 6.45) is 24.5. The van der Waals surface area contributed by atoms with Crippen LogP contribution in [0, 0.1) is 0 Å². The van der Waals surface area contributed by atoms with Crippen molar-refractivity contribution >= 4 is 11.4 Å². The van der Waals surface area contributed by atoms with Crippen LogP contribution in [-0.4, -0.2) is 4.70 Å². The Balaban J connectivity index is 0.000000745. The Kier molecular flexibility index (Phi) is 22.7. The van der Waals surface area contributed by atoms with Crippen LogP contribution in [0.25, 0.3) is 16.9 Å². The Morgan fingerprint density at radius 1 is 0.468 bits per heavy atom. The molecule has 266 valence electrons. The van der Waals surface area contributed by atoms with Gasteiger partial charge in [-0.1, -0.05) is 103 Å². The zero-order valence-corrected chi connectivity index (χ0v) is 32.4. The van der Waals surface area contributed by atoms with Crippen molar-refractivity contribution in [2.45, 2.75) is 181 Å². The third kappa shape index (κ3) is 15.0. The molecule has 0 N–H and O–H groups in total. The quantitative estimate of drug-likeness (QED) is 0.0597. The molecule has 0 atom stereocenters. The van der Waals surface area contributed by atoms with Gasteiger partial charge >= 0.3 is 64.8 Å². The number of hydrogen-bond acceptors (Lipinski definition) is 0. The summed E-state index contributed by atoms with van der Waals surface area (Å²) in [7, 11) is 0. The average molecular weight is 686 g/mol. The third-order valence-electron chi connectivity index (χ3n) is 9.11. The normalized spacial score (nSPS) is 13.1. The second kappa shape index (κ2) is 26.0. The van der Waals surface area contributed by atoms with Gasteiger partial charge in [0.2, 0.25) is 11.4 Å². The van der Waals surface area contributed by atoms with Crippen LogP contribution in [0.4, 0.5) is 0 Å². The van der Waals surface area contributed by atoms with Crippen LogP contribution in [0.3, 0.4) is 0 Å². The van der Waals surface area contributed by atoms with Gasteiger partial charge < -0.3 is 5.53 Å². The van der Waals surface area contributed by atoms with E-state index in [1.807, 2.05) is 14.4 Å². The summed E-state index contributed by atoms with van der Waals surface area (Å²) in [5, 5.41) is 2.78. The fourth-order valence-electron chi connectivity index (χ4n) is 6.23. The predicted molar refractivity (Wildman–Crippen MR) is 205 cm³/mol. The molecule has 0 saturated carbocycles. The molecule has 3 rings (SSSR count). The minimum atomic E-state index is 1.02. The summed E-state index contributed by atoms with van der Waals surface area (Å²) in [6.45, 7) is 13.6.